The molecule has 0 atom stereocenters. The highest BCUT2D eigenvalue weighted by Crippen LogP contribution is 2.22. The number of hydrogen-bond acceptors (Lipinski definition) is 5. The first kappa shape index (κ1) is 16.4. The maximum absolute atomic E-state index is 12.5. The van der Waals surface area contributed by atoms with Gasteiger partial charge in [-0.15, -0.1) is 0 Å². The first-order chi connectivity index (χ1) is 11.0. The van der Waals surface area contributed by atoms with Crippen molar-refractivity contribution in [3.05, 3.63) is 22.3 Å². The Morgan fingerprint density at radius 2 is 2.04 bits per heavy atom. The van der Waals surface area contributed by atoms with E-state index in [1.807, 2.05) is 15.9 Å². The third kappa shape index (κ3) is 4.07. The third-order valence-corrected chi connectivity index (χ3v) is 4.60. The molecule has 0 aromatic carbocycles. The largest absolute Gasteiger partial charge is 0.339 e. The number of nitrogens with zero attached hydrogens (tertiary/aromatic N) is 4. The Kier molecular flexibility index (Phi) is 4.93. The van der Waals surface area contributed by atoms with Crippen molar-refractivity contribution in [2.45, 2.75) is 6.54 Å². The molecule has 3 rings (SSSR count). The number of hydrogen-bond donors (Lipinski definition) is 1. The van der Waals surface area contributed by atoms with Crippen molar-refractivity contribution in [2.75, 3.05) is 51.6 Å². The third-order valence-electron chi connectivity index (χ3n) is 4.17. The number of piperazine rings is 1. The number of rotatable bonds is 2. The summed E-state index contributed by atoms with van der Waals surface area (Å²) in [4.78, 5) is 34.7. The lowest BCUT2D eigenvalue weighted by molar-refractivity contribution is -0.134. The Morgan fingerprint density at radius 3 is 2.78 bits per heavy atom. The molecule has 0 unspecified atom stereocenters. The normalized spacial score (nSPS) is 19.9. The van der Waals surface area contributed by atoms with Crippen LogP contribution >= 0.6 is 15.9 Å². The van der Waals surface area contributed by atoms with Crippen LogP contribution in [-0.4, -0.2) is 77.8 Å². The molecule has 3 heterocycles. The van der Waals surface area contributed by atoms with Crippen molar-refractivity contribution >= 4 is 33.6 Å². The standard InChI is InChI=1S/C15H20BrN5O2/c1-19-2-4-21(5-3-19)14(23)10-20-8-11-6-12(16)7-17-15(11)18-13(22)9-20/h6-7H,2-5,8-10H2,1H3,(H,17,18,22). The van der Waals surface area contributed by atoms with E-state index in [0.717, 1.165) is 36.2 Å². The van der Waals surface area contributed by atoms with E-state index in [0.29, 0.717) is 12.4 Å². The van der Waals surface area contributed by atoms with Gasteiger partial charge in [0.05, 0.1) is 13.1 Å². The van der Waals surface area contributed by atoms with Crippen molar-refractivity contribution in [1.82, 2.24) is 19.7 Å². The number of carbonyl (C=O) groups is 2. The highest BCUT2D eigenvalue weighted by Gasteiger charge is 2.25. The van der Waals surface area contributed by atoms with Gasteiger partial charge < -0.3 is 15.1 Å². The second-order valence-electron chi connectivity index (χ2n) is 6.04. The van der Waals surface area contributed by atoms with Crippen LogP contribution in [0.3, 0.4) is 0 Å². The number of anilines is 1. The second-order valence-corrected chi connectivity index (χ2v) is 6.95. The van der Waals surface area contributed by atoms with Gasteiger partial charge in [0.2, 0.25) is 11.8 Å². The van der Waals surface area contributed by atoms with E-state index >= 15 is 0 Å². The number of aromatic nitrogens is 1. The van der Waals surface area contributed by atoms with Gasteiger partial charge in [0.25, 0.3) is 0 Å². The van der Waals surface area contributed by atoms with Crippen molar-refractivity contribution in [3.63, 3.8) is 0 Å². The van der Waals surface area contributed by atoms with E-state index in [9.17, 15) is 9.59 Å². The Bertz CT molecular complexity index is 616. The number of nitrogens with one attached hydrogen (secondary N) is 1. The molecule has 1 aromatic rings. The summed E-state index contributed by atoms with van der Waals surface area (Å²) in [6.45, 7) is 4.27. The fourth-order valence-corrected chi connectivity index (χ4v) is 3.22. The van der Waals surface area contributed by atoms with Crippen LogP contribution in [0.1, 0.15) is 5.56 Å². The Balaban J connectivity index is 1.67. The second kappa shape index (κ2) is 6.94. The van der Waals surface area contributed by atoms with Crippen LogP contribution in [0.4, 0.5) is 5.82 Å². The number of amides is 2. The van der Waals surface area contributed by atoms with Crippen molar-refractivity contribution in [1.29, 1.82) is 0 Å². The maximum Gasteiger partial charge on any atom is 0.239 e. The summed E-state index contributed by atoms with van der Waals surface area (Å²) in [5.41, 5.74) is 0.913. The van der Waals surface area contributed by atoms with E-state index < -0.39 is 0 Å². The summed E-state index contributed by atoms with van der Waals surface area (Å²) in [5.74, 6) is 0.523. The first-order valence-electron chi connectivity index (χ1n) is 7.64. The molecule has 1 saturated heterocycles. The zero-order valence-electron chi connectivity index (χ0n) is 13.1. The summed E-state index contributed by atoms with van der Waals surface area (Å²) < 4.78 is 0.859. The SMILES string of the molecule is CN1CCN(C(=O)CN2CC(=O)Nc3ncc(Br)cc3C2)CC1. The predicted molar refractivity (Wildman–Crippen MR) is 89.9 cm³/mol. The highest BCUT2D eigenvalue weighted by atomic mass is 79.9. The van der Waals surface area contributed by atoms with Gasteiger partial charge in [-0.3, -0.25) is 14.5 Å². The minimum atomic E-state index is -0.134. The summed E-state index contributed by atoms with van der Waals surface area (Å²) in [6, 6.07) is 1.93. The lowest BCUT2D eigenvalue weighted by Gasteiger charge is -2.33. The minimum Gasteiger partial charge on any atom is -0.339 e. The van der Waals surface area contributed by atoms with Crippen LogP contribution in [0, 0.1) is 0 Å². The Hall–Kier alpha value is -1.51. The topological polar surface area (TPSA) is 68.8 Å². The fourth-order valence-electron chi connectivity index (χ4n) is 2.84. The average Bonchev–Trinajstić information content (AvgIpc) is 2.65. The molecule has 1 N–H and O–H groups in total. The molecule has 2 amide bonds. The van der Waals surface area contributed by atoms with Gasteiger partial charge in [-0.1, -0.05) is 0 Å². The molecule has 2 aliphatic heterocycles. The van der Waals surface area contributed by atoms with Crippen LogP contribution in [-0.2, 0) is 16.1 Å². The maximum atomic E-state index is 12.5. The average molecular weight is 382 g/mol. The van der Waals surface area contributed by atoms with E-state index in [1.54, 1.807) is 6.20 Å². The minimum absolute atomic E-state index is 0.0808. The van der Waals surface area contributed by atoms with Crippen LogP contribution in [0.25, 0.3) is 0 Å². The lowest BCUT2D eigenvalue weighted by Crippen LogP contribution is -2.50. The van der Waals surface area contributed by atoms with Gasteiger partial charge in [0, 0.05) is 49.0 Å². The quantitative estimate of drug-likeness (QED) is 0.801. The number of halogens is 1. The summed E-state index contributed by atoms with van der Waals surface area (Å²) in [5, 5.41) is 2.79. The predicted octanol–water partition coefficient (Wildman–Crippen LogP) is 0.372. The highest BCUT2D eigenvalue weighted by molar-refractivity contribution is 9.10. The molecule has 1 aromatic heterocycles. The van der Waals surface area contributed by atoms with Crippen LogP contribution in [0.15, 0.2) is 16.7 Å². The molecule has 7 nitrogen and oxygen atoms in total. The van der Waals surface area contributed by atoms with E-state index in [2.05, 4.69) is 38.2 Å². The molecule has 0 bridgehead atoms. The van der Waals surface area contributed by atoms with E-state index in [4.69, 9.17) is 0 Å². The Labute approximate surface area is 143 Å². The molecule has 0 saturated carbocycles. The molecule has 0 spiro atoms. The Morgan fingerprint density at radius 1 is 1.30 bits per heavy atom. The van der Waals surface area contributed by atoms with Crippen LogP contribution < -0.4 is 5.32 Å². The van der Waals surface area contributed by atoms with Gasteiger partial charge in [-0.2, -0.15) is 0 Å². The molecule has 8 heteroatoms. The first-order valence-corrected chi connectivity index (χ1v) is 8.43. The van der Waals surface area contributed by atoms with Gasteiger partial charge in [-0.05, 0) is 29.0 Å². The lowest BCUT2D eigenvalue weighted by atomic mass is 10.2. The van der Waals surface area contributed by atoms with Gasteiger partial charge in [0.1, 0.15) is 5.82 Å². The van der Waals surface area contributed by atoms with E-state index in [1.165, 1.54) is 0 Å². The smallest absolute Gasteiger partial charge is 0.239 e. The molecule has 2 aliphatic rings. The van der Waals surface area contributed by atoms with Gasteiger partial charge >= 0.3 is 0 Å². The van der Waals surface area contributed by atoms with Gasteiger partial charge in [0.15, 0.2) is 0 Å². The monoisotopic (exact) mass is 381 g/mol. The zero-order chi connectivity index (χ0) is 16.4. The molecule has 124 valence electrons. The summed E-state index contributed by atoms with van der Waals surface area (Å²) in [7, 11) is 2.06. The molecule has 0 radical (unpaired) electrons. The van der Waals surface area contributed by atoms with Crippen molar-refractivity contribution < 1.29 is 9.59 Å². The van der Waals surface area contributed by atoms with Gasteiger partial charge in [-0.25, -0.2) is 4.98 Å². The van der Waals surface area contributed by atoms with Crippen LogP contribution in [0.5, 0.6) is 0 Å². The number of carbonyl (C=O) groups excluding carboxylic acids is 2. The van der Waals surface area contributed by atoms with Crippen molar-refractivity contribution in [2.24, 2.45) is 0 Å². The zero-order valence-corrected chi connectivity index (χ0v) is 14.7. The molecular formula is C15H20BrN5O2. The van der Waals surface area contributed by atoms with Crippen LogP contribution in [0.2, 0.25) is 0 Å². The fraction of sp³-hybridized carbons (Fsp3) is 0.533. The number of pyridine rings is 1. The van der Waals surface area contributed by atoms with E-state index in [-0.39, 0.29) is 24.9 Å². The van der Waals surface area contributed by atoms with Crippen molar-refractivity contribution in [3.8, 4) is 0 Å². The molecular weight excluding hydrogens is 362 g/mol. The number of fused-ring (bicyclic) bond motifs is 1. The summed E-state index contributed by atoms with van der Waals surface area (Å²) >= 11 is 3.40. The molecule has 23 heavy (non-hydrogen) atoms. The summed E-state index contributed by atoms with van der Waals surface area (Å²) in [6.07, 6.45) is 1.66. The number of likely N-dealkylation sites (N-methyl/N-ethyl adjacent to an activating group) is 1. The molecule has 1 fully saturated rings. The molecule has 0 aliphatic carbocycles.